The molecule has 0 aliphatic carbocycles. The van der Waals surface area contributed by atoms with Gasteiger partial charge in [-0.15, -0.1) is 11.3 Å². The summed E-state index contributed by atoms with van der Waals surface area (Å²) in [4.78, 5) is 4.12. The fraction of sp³-hybridized carbons (Fsp3) is 0.765. The van der Waals surface area contributed by atoms with Crippen LogP contribution in [0.2, 0.25) is 0 Å². The van der Waals surface area contributed by atoms with E-state index in [1.807, 2.05) is 11.3 Å². The highest BCUT2D eigenvalue weighted by Crippen LogP contribution is 2.40. The molecule has 1 aliphatic heterocycles. The molecule has 1 saturated heterocycles. The standard InChI is InChI=1S/C17H30N2S/c1-6-14(18)15(16-12(2)8-10-20-16)19-9-7-13(11-19)17(3,4)5/h8,10,13-15H,6-7,9,11,18H2,1-5H3. The number of aryl methyl sites for hydroxylation is 1. The minimum absolute atomic E-state index is 0.242. The van der Waals surface area contributed by atoms with Crippen molar-refractivity contribution in [2.24, 2.45) is 17.1 Å². The Labute approximate surface area is 128 Å². The largest absolute Gasteiger partial charge is 0.326 e. The fourth-order valence-electron chi connectivity index (χ4n) is 3.29. The zero-order chi connectivity index (χ0) is 14.9. The Morgan fingerprint density at radius 3 is 2.60 bits per heavy atom. The second kappa shape index (κ2) is 6.17. The number of likely N-dealkylation sites (tertiary alicyclic amines) is 1. The molecular weight excluding hydrogens is 264 g/mol. The highest BCUT2D eigenvalue weighted by Gasteiger charge is 2.37. The second-order valence-electron chi connectivity index (χ2n) is 7.33. The molecule has 3 atom stereocenters. The van der Waals surface area contributed by atoms with Crippen LogP contribution in [0.5, 0.6) is 0 Å². The van der Waals surface area contributed by atoms with Crippen LogP contribution < -0.4 is 5.73 Å². The predicted molar refractivity (Wildman–Crippen MR) is 89.2 cm³/mol. The first-order valence-corrected chi connectivity index (χ1v) is 8.76. The maximum Gasteiger partial charge on any atom is 0.0596 e. The summed E-state index contributed by atoms with van der Waals surface area (Å²) in [6.45, 7) is 13.9. The summed E-state index contributed by atoms with van der Waals surface area (Å²) in [5.74, 6) is 0.786. The third-order valence-corrected chi connectivity index (χ3v) is 5.97. The van der Waals surface area contributed by atoms with Gasteiger partial charge in [-0.25, -0.2) is 0 Å². The first-order chi connectivity index (χ1) is 9.34. The quantitative estimate of drug-likeness (QED) is 0.901. The number of nitrogens with two attached hydrogens (primary N) is 1. The van der Waals surface area contributed by atoms with E-state index in [9.17, 15) is 0 Å². The van der Waals surface area contributed by atoms with Crippen LogP contribution >= 0.6 is 11.3 Å². The van der Waals surface area contributed by atoms with E-state index in [1.165, 1.54) is 30.0 Å². The SMILES string of the molecule is CCC(N)C(c1sccc1C)N1CCC(C(C)(C)C)C1. The van der Waals surface area contributed by atoms with Gasteiger partial charge < -0.3 is 5.73 Å². The van der Waals surface area contributed by atoms with Crippen LogP contribution in [0.3, 0.4) is 0 Å². The Hall–Kier alpha value is -0.380. The molecule has 1 aromatic rings. The molecule has 0 amide bonds. The molecule has 0 bridgehead atoms. The summed E-state index contributed by atoms with van der Waals surface area (Å²) in [5, 5.41) is 2.21. The molecule has 0 spiro atoms. The van der Waals surface area contributed by atoms with Gasteiger partial charge in [-0.05, 0) is 54.7 Å². The van der Waals surface area contributed by atoms with E-state index in [0.717, 1.165) is 12.3 Å². The maximum absolute atomic E-state index is 6.48. The Morgan fingerprint density at radius 1 is 1.45 bits per heavy atom. The summed E-state index contributed by atoms with van der Waals surface area (Å²) >= 11 is 1.88. The van der Waals surface area contributed by atoms with E-state index in [4.69, 9.17) is 5.73 Å². The van der Waals surface area contributed by atoms with Crippen molar-refractivity contribution < 1.29 is 0 Å². The normalized spacial score (nSPS) is 24.0. The summed E-state index contributed by atoms with van der Waals surface area (Å²) in [6.07, 6.45) is 2.35. The molecule has 1 fully saturated rings. The third-order valence-electron chi connectivity index (χ3n) is 4.89. The van der Waals surface area contributed by atoms with Crippen LogP contribution in [0.25, 0.3) is 0 Å². The second-order valence-corrected chi connectivity index (χ2v) is 8.28. The van der Waals surface area contributed by atoms with Gasteiger partial charge in [0.05, 0.1) is 6.04 Å². The summed E-state index contributed by atoms with van der Waals surface area (Å²) in [6, 6.07) is 2.88. The first kappa shape index (κ1) is 16.0. The minimum Gasteiger partial charge on any atom is -0.326 e. The Morgan fingerprint density at radius 2 is 2.15 bits per heavy atom. The van der Waals surface area contributed by atoms with Crippen LogP contribution in [0.15, 0.2) is 11.4 Å². The zero-order valence-corrected chi connectivity index (χ0v) is 14.5. The van der Waals surface area contributed by atoms with Crippen LogP contribution in [0, 0.1) is 18.3 Å². The Bertz CT molecular complexity index is 432. The lowest BCUT2D eigenvalue weighted by Gasteiger charge is -2.34. The Balaban J connectivity index is 2.20. The van der Waals surface area contributed by atoms with Crippen molar-refractivity contribution in [1.82, 2.24) is 4.90 Å². The molecule has 1 aliphatic rings. The van der Waals surface area contributed by atoms with Crippen LogP contribution in [0.4, 0.5) is 0 Å². The highest BCUT2D eigenvalue weighted by molar-refractivity contribution is 7.10. The molecular formula is C17H30N2S. The van der Waals surface area contributed by atoms with Crippen molar-refractivity contribution in [3.8, 4) is 0 Å². The number of hydrogen-bond donors (Lipinski definition) is 1. The lowest BCUT2D eigenvalue weighted by molar-refractivity contribution is 0.176. The van der Waals surface area contributed by atoms with Gasteiger partial charge >= 0.3 is 0 Å². The van der Waals surface area contributed by atoms with Crippen molar-refractivity contribution in [2.45, 2.75) is 59.5 Å². The summed E-state index contributed by atoms with van der Waals surface area (Å²) in [7, 11) is 0. The van der Waals surface area contributed by atoms with Gasteiger partial charge in [0.2, 0.25) is 0 Å². The van der Waals surface area contributed by atoms with E-state index in [2.05, 4.69) is 51.0 Å². The van der Waals surface area contributed by atoms with E-state index in [1.54, 1.807) is 0 Å². The smallest absolute Gasteiger partial charge is 0.0596 e. The predicted octanol–water partition coefficient (Wildman–Crippen LogP) is 4.20. The number of rotatable bonds is 4. The fourth-order valence-corrected chi connectivity index (χ4v) is 4.42. The van der Waals surface area contributed by atoms with Gasteiger partial charge in [-0.1, -0.05) is 27.7 Å². The van der Waals surface area contributed by atoms with Crippen LogP contribution in [0.1, 0.15) is 57.0 Å². The summed E-state index contributed by atoms with van der Waals surface area (Å²) in [5.41, 5.74) is 8.29. The average molecular weight is 295 g/mol. The van der Waals surface area contributed by atoms with Gasteiger partial charge in [-0.2, -0.15) is 0 Å². The van der Waals surface area contributed by atoms with E-state index < -0.39 is 0 Å². The van der Waals surface area contributed by atoms with Crippen LogP contribution in [-0.4, -0.2) is 24.0 Å². The number of hydrogen-bond acceptors (Lipinski definition) is 3. The van der Waals surface area contributed by atoms with Gasteiger partial charge in [-0.3, -0.25) is 4.90 Å². The molecule has 0 aromatic carbocycles. The molecule has 3 unspecified atom stereocenters. The third kappa shape index (κ3) is 3.26. The van der Waals surface area contributed by atoms with E-state index >= 15 is 0 Å². The monoisotopic (exact) mass is 294 g/mol. The molecule has 0 saturated carbocycles. The minimum atomic E-state index is 0.242. The lowest BCUT2D eigenvalue weighted by atomic mass is 9.80. The molecule has 114 valence electrons. The molecule has 2 heterocycles. The number of nitrogens with zero attached hydrogens (tertiary/aromatic N) is 1. The molecule has 2 nitrogen and oxygen atoms in total. The molecule has 3 heteroatoms. The number of thiophene rings is 1. The maximum atomic E-state index is 6.48. The van der Waals surface area contributed by atoms with Crippen molar-refractivity contribution in [2.75, 3.05) is 13.1 Å². The van der Waals surface area contributed by atoms with Crippen molar-refractivity contribution in [3.05, 3.63) is 21.9 Å². The first-order valence-electron chi connectivity index (χ1n) is 7.88. The topological polar surface area (TPSA) is 29.3 Å². The van der Waals surface area contributed by atoms with Crippen LogP contribution in [-0.2, 0) is 0 Å². The van der Waals surface area contributed by atoms with Gasteiger partial charge in [0.25, 0.3) is 0 Å². The zero-order valence-electron chi connectivity index (χ0n) is 13.6. The van der Waals surface area contributed by atoms with Crippen molar-refractivity contribution >= 4 is 11.3 Å². The Kier molecular flexibility index (Phi) is 4.93. The molecule has 2 N–H and O–H groups in total. The molecule has 1 aromatic heterocycles. The highest BCUT2D eigenvalue weighted by atomic mass is 32.1. The van der Waals surface area contributed by atoms with Crippen molar-refractivity contribution in [3.63, 3.8) is 0 Å². The average Bonchev–Trinajstić information content (AvgIpc) is 2.99. The molecule has 0 radical (unpaired) electrons. The lowest BCUT2D eigenvalue weighted by Crippen LogP contribution is -2.40. The van der Waals surface area contributed by atoms with Gasteiger partial charge in [0.15, 0.2) is 0 Å². The van der Waals surface area contributed by atoms with Gasteiger partial charge in [0, 0.05) is 17.5 Å². The molecule has 20 heavy (non-hydrogen) atoms. The van der Waals surface area contributed by atoms with E-state index in [0.29, 0.717) is 11.5 Å². The van der Waals surface area contributed by atoms with Gasteiger partial charge in [0.1, 0.15) is 0 Å². The van der Waals surface area contributed by atoms with Crippen molar-refractivity contribution in [1.29, 1.82) is 0 Å². The van der Waals surface area contributed by atoms with E-state index in [-0.39, 0.29) is 6.04 Å². The molecule has 2 rings (SSSR count). The summed E-state index contributed by atoms with van der Waals surface area (Å²) < 4.78 is 0.